The first-order valence-corrected chi connectivity index (χ1v) is 25.3. The number of unbranched alkanes of at least 4 members (excludes halogenated alkanes) is 6. The Morgan fingerprint density at radius 1 is 0.845 bits per heavy atom. The molecular formula is C54H66N10O6S. The summed E-state index contributed by atoms with van der Waals surface area (Å²) in [5.41, 5.74) is 13.3. The summed E-state index contributed by atoms with van der Waals surface area (Å²) in [7, 11) is 0. The maximum absolute atomic E-state index is 14.1. The summed E-state index contributed by atoms with van der Waals surface area (Å²) in [4.78, 5) is 61.7. The molecule has 7 rings (SSSR count). The summed E-state index contributed by atoms with van der Waals surface area (Å²) >= 11 is 1.58. The molecule has 3 unspecified atom stereocenters. The Balaban J connectivity index is 0.829. The standard InChI is InChI=1S/C54H66N10O6S/c1-34(36-23-25-38(26-24-36)48-35(2)57-33-71-48)59-51(68)44-28-40(65)32-63(44)53(70)49(54(3,4)5)60-46(67)22-14-9-7-6-8-10-17-27-56-52(69)47(37-18-12-11-13-19-37)64-31-39(30-58-64)42-29-43(61-62-50(42)55)41-20-15-16-21-45(41)66/h11-13,15-16,18-21,23-26,29-31,33-34,40,44,47,49,65-66H,6-10,14,17,22,27-28,32H2,1-5H3,(H2,55,62)(H,56,69)(H,59,68)(H,60,67)/t34?,40-,44+,47?,49?/m1/s1. The van der Waals surface area contributed by atoms with E-state index in [0.29, 0.717) is 35.3 Å². The number of hydrogen-bond donors (Lipinski definition) is 6. The molecule has 5 atom stereocenters. The molecule has 16 nitrogen and oxygen atoms in total. The number of carbonyl (C=O) groups is 4. The Kier molecular flexibility index (Phi) is 17.3. The Labute approximate surface area is 419 Å². The van der Waals surface area contributed by atoms with Gasteiger partial charge in [0.05, 0.1) is 40.1 Å². The molecule has 7 N–H and O–H groups in total. The number of aliphatic hydroxyl groups is 1. The number of aryl methyl sites for hydroxylation is 1. The number of phenols is 1. The summed E-state index contributed by atoms with van der Waals surface area (Å²) in [5, 5.41) is 43.1. The Bertz CT molecular complexity index is 2750. The van der Waals surface area contributed by atoms with Crippen LogP contribution in [0.4, 0.5) is 5.82 Å². The minimum atomic E-state index is -0.883. The zero-order valence-corrected chi connectivity index (χ0v) is 42.0. The van der Waals surface area contributed by atoms with Gasteiger partial charge in [-0.15, -0.1) is 21.5 Å². The van der Waals surface area contributed by atoms with E-state index in [0.717, 1.165) is 65.8 Å². The van der Waals surface area contributed by atoms with Crippen molar-refractivity contribution < 1.29 is 29.4 Å². The van der Waals surface area contributed by atoms with Gasteiger partial charge in [0.25, 0.3) is 0 Å². The van der Waals surface area contributed by atoms with Crippen molar-refractivity contribution in [3.8, 4) is 38.6 Å². The van der Waals surface area contributed by atoms with Crippen LogP contribution in [-0.2, 0) is 19.2 Å². The van der Waals surface area contributed by atoms with Crippen LogP contribution in [0.15, 0.2) is 103 Å². The molecule has 6 aromatic rings. The molecular weight excluding hydrogens is 917 g/mol. The van der Waals surface area contributed by atoms with Gasteiger partial charge in [0.1, 0.15) is 17.8 Å². The van der Waals surface area contributed by atoms with Gasteiger partial charge in [-0.3, -0.25) is 23.9 Å². The number of aromatic hydroxyl groups is 1. The zero-order chi connectivity index (χ0) is 50.7. The molecule has 1 fully saturated rings. The van der Waals surface area contributed by atoms with Crippen molar-refractivity contribution >= 4 is 40.8 Å². The van der Waals surface area contributed by atoms with Crippen LogP contribution in [0.25, 0.3) is 32.8 Å². The number of para-hydroxylation sites is 1. The lowest BCUT2D eigenvalue weighted by Gasteiger charge is -2.35. The molecule has 0 aliphatic carbocycles. The number of nitrogen functional groups attached to an aromatic ring is 1. The number of thiazole rings is 1. The molecule has 4 heterocycles. The monoisotopic (exact) mass is 982 g/mol. The van der Waals surface area contributed by atoms with Gasteiger partial charge in [-0.1, -0.05) is 120 Å². The molecule has 71 heavy (non-hydrogen) atoms. The predicted octanol–water partition coefficient (Wildman–Crippen LogP) is 7.92. The van der Waals surface area contributed by atoms with E-state index in [9.17, 15) is 29.4 Å². The number of nitrogens with zero attached hydrogens (tertiary/aromatic N) is 6. The molecule has 3 aromatic heterocycles. The van der Waals surface area contributed by atoms with Crippen LogP contribution >= 0.6 is 11.3 Å². The number of aromatic nitrogens is 5. The van der Waals surface area contributed by atoms with E-state index >= 15 is 0 Å². The third kappa shape index (κ3) is 13.3. The molecule has 1 aliphatic heterocycles. The molecule has 3 aromatic carbocycles. The molecule has 0 bridgehead atoms. The van der Waals surface area contributed by atoms with E-state index in [2.05, 4.69) is 36.2 Å². The average Bonchev–Trinajstić information content (AvgIpc) is 4.12. The molecule has 17 heteroatoms. The van der Waals surface area contributed by atoms with Crippen molar-refractivity contribution in [2.45, 2.75) is 123 Å². The van der Waals surface area contributed by atoms with Crippen LogP contribution in [0, 0.1) is 12.3 Å². The highest BCUT2D eigenvalue weighted by Gasteiger charge is 2.44. The minimum Gasteiger partial charge on any atom is -0.507 e. The SMILES string of the molecule is Cc1ncsc1-c1ccc(C(C)NC(=O)[C@@H]2C[C@@H](O)CN2C(=O)C(NC(=O)CCCCCCCCCNC(=O)C(c2ccccc2)n2cc(-c3cc(-c4ccccc4O)nnc3N)cn2)C(C)(C)C)cc1. The first-order chi connectivity index (χ1) is 34.1. The highest BCUT2D eigenvalue weighted by molar-refractivity contribution is 7.13. The molecule has 0 radical (unpaired) electrons. The number of benzene rings is 3. The predicted molar refractivity (Wildman–Crippen MR) is 276 cm³/mol. The Morgan fingerprint density at radius 2 is 1.54 bits per heavy atom. The fourth-order valence-corrected chi connectivity index (χ4v) is 9.80. The van der Waals surface area contributed by atoms with E-state index in [1.807, 2.05) is 94.7 Å². The molecule has 4 amide bonds. The third-order valence-electron chi connectivity index (χ3n) is 13.0. The first kappa shape index (κ1) is 51.9. The highest BCUT2D eigenvalue weighted by atomic mass is 32.1. The first-order valence-electron chi connectivity index (χ1n) is 24.5. The number of nitrogens with two attached hydrogens (primary N) is 1. The summed E-state index contributed by atoms with van der Waals surface area (Å²) in [6, 6.07) is 23.2. The van der Waals surface area contributed by atoms with Gasteiger partial charge in [0, 0.05) is 48.8 Å². The fraction of sp³-hybridized carbons (Fsp3) is 0.407. The lowest BCUT2D eigenvalue weighted by molar-refractivity contribution is -0.144. The van der Waals surface area contributed by atoms with Crippen molar-refractivity contribution in [3.63, 3.8) is 0 Å². The summed E-state index contributed by atoms with van der Waals surface area (Å²) in [6.07, 6.45) is 9.08. The number of likely N-dealkylation sites (tertiary alicyclic amines) is 1. The van der Waals surface area contributed by atoms with Crippen LogP contribution in [0.2, 0.25) is 0 Å². The second-order valence-electron chi connectivity index (χ2n) is 19.5. The Morgan fingerprint density at radius 3 is 2.23 bits per heavy atom. The highest BCUT2D eigenvalue weighted by Crippen LogP contribution is 2.34. The van der Waals surface area contributed by atoms with Gasteiger partial charge >= 0.3 is 0 Å². The third-order valence-corrected chi connectivity index (χ3v) is 14.0. The summed E-state index contributed by atoms with van der Waals surface area (Å²) < 4.78 is 1.62. The second-order valence-corrected chi connectivity index (χ2v) is 20.3. The molecule has 1 aliphatic rings. The van der Waals surface area contributed by atoms with Gasteiger partial charge < -0.3 is 36.8 Å². The van der Waals surface area contributed by atoms with E-state index in [4.69, 9.17) is 5.73 Å². The number of nitrogens with one attached hydrogen (secondary N) is 3. The summed E-state index contributed by atoms with van der Waals surface area (Å²) in [6.45, 7) is 10.0. The number of amides is 4. The topological polar surface area (TPSA) is 231 Å². The zero-order valence-electron chi connectivity index (χ0n) is 41.2. The van der Waals surface area contributed by atoms with E-state index in [1.54, 1.807) is 58.7 Å². The normalized spacial score (nSPS) is 16.0. The molecule has 0 spiro atoms. The quantitative estimate of drug-likeness (QED) is 0.0379. The van der Waals surface area contributed by atoms with Crippen LogP contribution in [0.1, 0.15) is 114 Å². The number of anilines is 1. The van der Waals surface area contributed by atoms with Crippen molar-refractivity contribution in [2.24, 2.45) is 5.41 Å². The fourth-order valence-electron chi connectivity index (χ4n) is 8.98. The number of hydrogen-bond acceptors (Lipinski definition) is 12. The summed E-state index contributed by atoms with van der Waals surface area (Å²) in [5.74, 6) is -0.881. The minimum absolute atomic E-state index is 0.0103. The average molecular weight is 983 g/mol. The number of β-amino-alcohol motifs (C(OH)–C–C–N with tert-alkyl or cyclic N) is 1. The van der Waals surface area contributed by atoms with Gasteiger partial charge in [-0.2, -0.15) is 5.10 Å². The maximum Gasteiger partial charge on any atom is 0.249 e. The molecule has 374 valence electrons. The van der Waals surface area contributed by atoms with Gasteiger partial charge in [0.2, 0.25) is 23.6 Å². The lowest BCUT2D eigenvalue weighted by Crippen LogP contribution is -2.57. The smallest absolute Gasteiger partial charge is 0.249 e. The van der Waals surface area contributed by atoms with Crippen molar-refractivity contribution in [1.82, 2.24) is 45.8 Å². The number of rotatable bonds is 21. The van der Waals surface area contributed by atoms with Crippen LogP contribution in [-0.4, -0.2) is 95.0 Å². The van der Waals surface area contributed by atoms with E-state index in [1.165, 1.54) is 4.90 Å². The molecule has 0 saturated carbocycles. The van der Waals surface area contributed by atoms with Crippen LogP contribution in [0.5, 0.6) is 5.75 Å². The maximum atomic E-state index is 14.1. The Hall–Kier alpha value is -6.98. The second kappa shape index (κ2) is 23.8. The van der Waals surface area contributed by atoms with E-state index < -0.39 is 29.6 Å². The van der Waals surface area contributed by atoms with Crippen molar-refractivity contribution in [1.29, 1.82) is 0 Å². The van der Waals surface area contributed by atoms with E-state index in [-0.39, 0.29) is 60.6 Å². The number of carbonyl (C=O) groups excluding carboxylic acids is 4. The van der Waals surface area contributed by atoms with Gasteiger partial charge in [-0.05, 0) is 67.0 Å². The van der Waals surface area contributed by atoms with Crippen molar-refractivity contribution in [2.75, 3.05) is 18.8 Å². The lowest BCUT2D eigenvalue weighted by atomic mass is 9.85. The van der Waals surface area contributed by atoms with Crippen molar-refractivity contribution in [3.05, 3.63) is 120 Å². The number of aliphatic hydroxyl groups excluding tert-OH is 1. The molecule has 1 saturated heterocycles. The van der Waals surface area contributed by atoms with Gasteiger partial charge in [-0.25, -0.2) is 4.98 Å². The van der Waals surface area contributed by atoms with Gasteiger partial charge in [0.15, 0.2) is 11.9 Å². The van der Waals surface area contributed by atoms with Crippen LogP contribution < -0.4 is 21.7 Å². The largest absolute Gasteiger partial charge is 0.507 e. The van der Waals surface area contributed by atoms with Crippen LogP contribution in [0.3, 0.4) is 0 Å². The number of phenolic OH excluding ortho intramolecular Hbond substituents is 1.